The highest BCUT2D eigenvalue weighted by Crippen LogP contribution is 2.38. The molecule has 0 spiro atoms. The lowest BCUT2D eigenvalue weighted by Crippen LogP contribution is -2.02. The smallest absolute Gasteiger partial charge is 0.215 e. The molecule has 0 saturated heterocycles. The minimum atomic E-state index is 0.149. The Hall–Kier alpha value is -1.54. The Kier molecular flexibility index (Phi) is 3.19. The van der Waals surface area contributed by atoms with Gasteiger partial charge in [-0.2, -0.15) is 0 Å². The fourth-order valence-electron chi connectivity index (χ4n) is 1.59. The van der Waals surface area contributed by atoms with E-state index in [9.17, 15) is 4.79 Å². The molecule has 2 heterocycles. The predicted molar refractivity (Wildman–Crippen MR) is 67.4 cm³/mol. The number of halogens is 1. The van der Waals surface area contributed by atoms with Gasteiger partial charge in [-0.3, -0.25) is 4.79 Å². The number of hydrogen-bond acceptors (Lipinski definition) is 7. The van der Waals surface area contributed by atoms with E-state index in [-0.39, 0.29) is 10.7 Å². The van der Waals surface area contributed by atoms with E-state index in [0.29, 0.717) is 28.3 Å². The number of hydrogen-bond donors (Lipinski definition) is 0. The van der Waals surface area contributed by atoms with Gasteiger partial charge in [0.05, 0.1) is 11.6 Å². The molecule has 0 aliphatic heterocycles. The first-order valence-electron chi connectivity index (χ1n) is 5.64. The Morgan fingerprint density at radius 3 is 2.89 bits per heavy atom. The topological polar surface area (TPSA) is 86.5 Å². The van der Waals surface area contributed by atoms with E-state index in [1.165, 1.54) is 11.8 Å². The van der Waals surface area contributed by atoms with Crippen LogP contribution in [0.4, 0.5) is 0 Å². The van der Waals surface area contributed by atoms with Crippen LogP contribution in [0.5, 0.6) is 0 Å². The lowest BCUT2D eigenvalue weighted by atomic mass is 10.4. The number of tetrazole rings is 1. The maximum atomic E-state index is 11.1. The van der Waals surface area contributed by atoms with E-state index >= 15 is 0 Å². The van der Waals surface area contributed by atoms with Gasteiger partial charge in [0.25, 0.3) is 0 Å². The van der Waals surface area contributed by atoms with Crippen molar-refractivity contribution in [3.05, 3.63) is 16.5 Å². The van der Waals surface area contributed by atoms with Crippen molar-refractivity contribution in [1.29, 1.82) is 0 Å². The second-order valence-electron chi connectivity index (χ2n) is 4.14. The van der Waals surface area contributed by atoms with Crippen molar-refractivity contribution in [2.75, 3.05) is 0 Å². The van der Waals surface area contributed by atoms with Crippen molar-refractivity contribution in [3.63, 3.8) is 0 Å². The molecule has 0 aromatic carbocycles. The van der Waals surface area contributed by atoms with Gasteiger partial charge in [0, 0.05) is 0 Å². The highest BCUT2D eigenvalue weighted by molar-refractivity contribution is 7.99. The number of aldehydes is 1. The molecule has 0 bridgehead atoms. The van der Waals surface area contributed by atoms with Gasteiger partial charge in [-0.1, -0.05) is 11.6 Å². The molecule has 9 heteroatoms. The lowest BCUT2D eigenvalue weighted by Gasteiger charge is -2.05. The van der Waals surface area contributed by atoms with Crippen LogP contribution in [0.2, 0.25) is 5.15 Å². The van der Waals surface area contributed by atoms with Gasteiger partial charge in [-0.05, 0) is 42.0 Å². The van der Waals surface area contributed by atoms with E-state index in [0.717, 1.165) is 12.8 Å². The average Bonchev–Trinajstić information content (AvgIpc) is 3.10. The molecule has 1 aliphatic carbocycles. The van der Waals surface area contributed by atoms with Crippen LogP contribution in [0.25, 0.3) is 0 Å². The summed E-state index contributed by atoms with van der Waals surface area (Å²) in [7, 11) is 0. The van der Waals surface area contributed by atoms with Gasteiger partial charge in [0.15, 0.2) is 6.29 Å². The highest BCUT2D eigenvalue weighted by Gasteiger charge is 2.28. The monoisotopic (exact) mass is 296 g/mol. The predicted octanol–water partition coefficient (Wildman–Crippen LogP) is 1.72. The zero-order chi connectivity index (χ0) is 13.4. The summed E-state index contributed by atoms with van der Waals surface area (Å²) < 4.78 is 1.75. The van der Waals surface area contributed by atoms with Crippen molar-refractivity contribution in [1.82, 2.24) is 30.2 Å². The van der Waals surface area contributed by atoms with Gasteiger partial charge in [-0.25, -0.2) is 14.6 Å². The second-order valence-corrected chi connectivity index (χ2v) is 5.45. The third-order valence-corrected chi connectivity index (χ3v) is 3.88. The Balaban J connectivity index is 1.98. The van der Waals surface area contributed by atoms with Crippen LogP contribution in [-0.2, 0) is 0 Å². The summed E-state index contributed by atoms with van der Waals surface area (Å²) in [4.78, 5) is 19.3. The van der Waals surface area contributed by atoms with Crippen LogP contribution in [-0.4, -0.2) is 36.5 Å². The molecule has 1 fully saturated rings. The largest absolute Gasteiger partial charge is 0.298 e. The molecule has 0 N–H and O–H groups in total. The first kappa shape index (κ1) is 12.5. The van der Waals surface area contributed by atoms with Crippen LogP contribution in [0.3, 0.4) is 0 Å². The number of aryl methyl sites for hydroxylation is 1. The van der Waals surface area contributed by atoms with Gasteiger partial charge in [-0.15, -0.1) is 5.10 Å². The summed E-state index contributed by atoms with van der Waals surface area (Å²) in [6.45, 7) is 1.72. The Morgan fingerprint density at radius 2 is 2.21 bits per heavy atom. The molecule has 2 aromatic rings. The molecule has 1 aliphatic rings. The Morgan fingerprint density at radius 1 is 1.42 bits per heavy atom. The molecule has 98 valence electrons. The van der Waals surface area contributed by atoms with Crippen LogP contribution in [0, 0.1) is 6.92 Å². The fraction of sp³-hybridized carbons (Fsp3) is 0.400. The van der Waals surface area contributed by atoms with Crippen LogP contribution >= 0.6 is 23.4 Å². The zero-order valence-electron chi connectivity index (χ0n) is 9.95. The van der Waals surface area contributed by atoms with Crippen molar-refractivity contribution in [3.8, 4) is 0 Å². The summed E-state index contributed by atoms with van der Waals surface area (Å²) in [5, 5.41) is 12.8. The first-order valence-corrected chi connectivity index (χ1v) is 6.83. The van der Waals surface area contributed by atoms with Gasteiger partial charge in [0.2, 0.25) is 5.16 Å². The summed E-state index contributed by atoms with van der Waals surface area (Å²) in [5.74, 6) is 0.503. The fourth-order valence-corrected chi connectivity index (χ4v) is 2.86. The summed E-state index contributed by atoms with van der Waals surface area (Å²) in [6.07, 6.45) is 2.79. The van der Waals surface area contributed by atoms with Gasteiger partial charge >= 0.3 is 0 Å². The molecule has 0 unspecified atom stereocenters. The van der Waals surface area contributed by atoms with Gasteiger partial charge < -0.3 is 0 Å². The minimum Gasteiger partial charge on any atom is -0.298 e. The third-order valence-electron chi connectivity index (χ3n) is 2.64. The van der Waals surface area contributed by atoms with Gasteiger partial charge in [0.1, 0.15) is 16.0 Å². The van der Waals surface area contributed by atoms with Crippen molar-refractivity contribution >= 4 is 29.6 Å². The standard InChI is InChI=1S/C10H9ClN6OS/c1-5-12-8(11)7(4-18)9(13-5)19-10-14-15-16-17(10)6-2-3-6/h4,6H,2-3H2,1H3. The number of nitrogens with zero attached hydrogens (tertiary/aromatic N) is 6. The molecular formula is C10H9ClN6OS. The lowest BCUT2D eigenvalue weighted by molar-refractivity contribution is 0.112. The Bertz CT molecular complexity index is 641. The van der Waals surface area contributed by atoms with E-state index in [4.69, 9.17) is 11.6 Å². The van der Waals surface area contributed by atoms with Crippen molar-refractivity contribution in [2.45, 2.75) is 36.0 Å². The maximum Gasteiger partial charge on any atom is 0.215 e. The third kappa shape index (κ3) is 2.45. The van der Waals surface area contributed by atoms with Crippen molar-refractivity contribution in [2.24, 2.45) is 0 Å². The van der Waals surface area contributed by atoms with E-state index in [1.807, 2.05) is 0 Å². The van der Waals surface area contributed by atoms with Crippen LogP contribution in [0.1, 0.15) is 35.1 Å². The molecular weight excluding hydrogens is 288 g/mol. The summed E-state index contributed by atoms with van der Waals surface area (Å²) in [5.41, 5.74) is 0.266. The molecule has 7 nitrogen and oxygen atoms in total. The molecule has 0 atom stereocenters. The van der Waals surface area contributed by atoms with Crippen molar-refractivity contribution < 1.29 is 4.79 Å². The number of rotatable bonds is 4. The second kappa shape index (κ2) is 4.86. The normalized spacial score (nSPS) is 14.6. The first-order chi connectivity index (χ1) is 9.19. The molecule has 19 heavy (non-hydrogen) atoms. The molecule has 1 saturated carbocycles. The van der Waals surface area contributed by atoms with E-state index in [1.54, 1.807) is 11.6 Å². The van der Waals surface area contributed by atoms with E-state index < -0.39 is 0 Å². The quantitative estimate of drug-likeness (QED) is 0.627. The number of carbonyl (C=O) groups is 1. The molecule has 3 rings (SSSR count). The number of aromatic nitrogens is 6. The average molecular weight is 297 g/mol. The summed E-state index contributed by atoms with van der Waals surface area (Å²) >= 11 is 7.16. The zero-order valence-corrected chi connectivity index (χ0v) is 11.5. The van der Waals surface area contributed by atoms with Crippen LogP contribution in [0.15, 0.2) is 10.2 Å². The summed E-state index contributed by atoms with van der Waals surface area (Å²) in [6, 6.07) is 0.357. The Labute approximate surface area is 117 Å². The van der Waals surface area contributed by atoms with E-state index in [2.05, 4.69) is 25.5 Å². The SMILES string of the molecule is Cc1nc(Cl)c(C=O)c(Sc2nnnn2C2CC2)n1. The van der Waals surface area contributed by atoms with Crippen LogP contribution < -0.4 is 0 Å². The maximum absolute atomic E-state index is 11.1. The minimum absolute atomic E-state index is 0.149. The molecule has 0 radical (unpaired) electrons. The molecule has 0 amide bonds. The molecule has 2 aromatic heterocycles. The highest BCUT2D eigenvalue weighted by atomic mass is 35.5. The number of carbonyl (C=O) groups excluding carboxylic acids is 1.